The maximum atomic E-state index is 14.9. The van der Waals surface area contributed by atoms with Crippen LogP contribution in [0.1, 0.15) is 101 Å². The average molecular weight is 755 g/mol. The summed E-state index contributed by atoms with van der Waals surface area (Å²) in [5.74, 6) is -1.84. The third kappa shape index (κ3) is 7.05. The van der Waals surface area contributed by atoms with Crippen LogP contribution in [0.2, 0.25) is 0 Å². The van der Waals surface area contributed by atoms with E-state index in [0.717, 1.165) is 24.3 Å². The summed E-state index contributed by atoms with van der Waals surface area (Å²) in [6, 6.07) is 18.3. The van der Waals surface area contributed by atoms with Crippen molar-refractivity contribution < 1.29 is 55.0 Å². The highest BCUT2D eigenvalue weighted by molar-refractivity contribution is 6.06. The van der Waals surface area contributed by atoms with E-state index in [0.29, 0.717) is 29.8 Å². The number of methoxy groups -OCH3 is 1. The van der Waals surface area contributed by atoms with E-state index < -0.39 is 56.9 Å². The molecule has 0 aliphatic carbocycles. The van der Waals surface area contributed by atoms with Crippen molar-refractivity contribution in [2.45, 2.75) is 71.8 Å². The number of ketones is 4. The molecule has 0 saturated carbocycles. The second kappa shape index (κ2) is 14.5. The molecule has 4 aromatic rings. The van der Waals surface area contributed by atoms with Crippen molar-refractivity contribution >= 4 is 23.1 Å². The van der Waals surface area contributed by atoms with Crippen LogP contribution in [0.4, 0.5) is 26.3 Å². The molecule has 0 fully saturated rings. The summed E-state index contributed by atoms with van der Waals surface area (Å²) >= 11 is 0. The fraction of sp³-hybridized carbons (Fsp3) is 0.333. The van der Waals surface area contributed by atoms with Gasteiger partial charge in [-0.3, -0.25) is 19.2 Å². The van der Waals surface area contributed by atoms with Crippen LogP contribution in [0.5, 0.6) is 11.5 Å². The van der Waals surface area contributed by atoms with Gasteiger partial charge >= 0.3 is 12.4 Å². The van der Waals surface area contributed by atoms with Gasteiger partial charge in [-0.05, 0) is 89.9 Å². The van der Waals surface area contributed by atoms with E-state index in [1.807, 2.05) is 0 Å². The van der Waals surface area contributed by atoms with Crippen molar-refractivity contribution in [3.8, 4) is 11.5 Å². The van der Waals surface area contributed by atoms with Crippen LogP contribution in [0.3, 0.4) is 0 Å². The summed E-state index contributed by atoms with van der Waals surface area (Å²) in [6.07, 6.45) is -11.7. The van der Waals surface area contributed by atoms with Crippen molar-refractivity contribution in [1.82, 2.24) is 0 Å². The third-order valence-electron chi connectivity index (χ3n) is 10.6. The maximum absolute atomic E-state index is 14.9. The van der Waals surface area contributed by atoms with Gasteiger partial charge in [0.1, 0.15) is 17.1 Å². The maximum Gasteiger partial charge on any atom is 0.411 e. The first-order valence-corrected chi connectivity index (χ1v) is 16.8. The van der Waals surface area contributed by atoms with Gasteiger partial charge in [0.25, 0.3) is 0 Å². The minimum atomic E-state index is -5.86. The first-order valence-electron chi connectivity index (χ1n) is 16.8. The zero-order chi connectivity index (χ0) is 40.7. The highest BCUT2D eigenvalue weighted by atomic mass is 19.4. The lowest BCUT2D eigenvalue weighted by molar-refractivity contribution is -0.288. The number of halogens is 6. The largest absolute Gasteiger partial charge is 0.497 e. The Hall–Kier alpha value is -5.26. The molecule has 12 heteroatoms. The quantitative estimate of drug-likeness (QED) is 0.0998. The van der Waals surface area contributed by atoms with Crippen molar-refractivity contribution in [3.05, 3.63) is 130 Å². The number of hydrogen-bond donors (Lipinski definition) is 0. The molecule has 0 aromatic heterocycles. The Balaban J connectivity index is 1.91. The average Bonchev–Trinajstić information content (AvgIpc) is 3.10. The van der Waals surface area contributed by atoms with Crippen molar-refractivity contribution in [2.24, 2.45) is 10.8 Å². The molecule has 4 rings (SSSR count). The van der Waals surface area contributed by atoms with E-state index in [1.165, 1.54) is 104 Å². The van der Waals surface area contributed by atoms with Gasteiger partial charge in [-0.1, -0.05) is 66.7 Å². The monoisotopic (exact) mass is 754 g/mol. The number of alkyl halides is 6. The summed E-state index contributed by atoms with van der Waals surface area (Å²) in [5, 5.41) is 0. The Morgan fingerprint density at radius 2 is 0.889 bits per heavy atom. The molecule has 0 saturated heterocycles. The highest BCUT2D eigenvalue weighted by Crippen LogP contribution is 2.57. The normalized spacial score (nSPS) is 13.8. The smallest absolute Gasteiger partial charge is 0.411 e. The van der Waals surface area contributed by atoms with Crippen molar-refractivity contribution in [3.63, 3.8) is 0 Å². The number of benzene rings is 4. The molecule has 54 heavy (non-hydrogen) atoms. The van der Waals surface area contributed by atoms with Gasteiger partial charge < -0.3 is 9.47 Å². The number of rotatable bonds is 13. The molecule has 0 amide bonds. The Kier molecular flexibility index (Phi) is 11.2. The lowest BCUT2D eigenvalue weighted by atomic mass is 9.57. The summed E-state index contributed by atoms with van der Waals surface area (Å²) in [4.78, 5) is 52.9. The first-order chi connectivity index (χ1) is 24.9. The van der Waals surface area contributed by atoms with Crippen LogP contribution in [0.15, 0.2) is 97.1 Å². The predicted molar refractivity (Wildman–Crippen MR) is 190 cm³/mol. The van der Waals surface area contributed by atoms with Crippen LogP contribution in [-0.4, -0.2) is 48.2 Å². The summed E-state index contributed by atoms with van der Waals surface area (Å²) in [7, 11) is 1.22. The topological polar surface area (TPSA) is 86.7 Å². The van der Waals surface area contributed by atoms with Crippen LogP contribution >= 0.6 is 0 Å². The number of Topliss-reactive ketones (excluding diaryl/α,β-unsaturated/α-hetero) is 4. The molecule has 286 valence electrons. The summed E-state index contributed by atoms with van der Waals surface area (Å²) < 4.78 is 101. The molecule has 4 aromatic carbocycles. The van der Waals surface area contributed by atoms with Crippen molar-refractivity contribution in [1.29, 1.82) is 0 Å². The zero-order valence-corrected chi connectivity index (χ0v) is 31.0. The molecular weight excluding hydrogens is 714 g/mol. The molecular formula is C42H40F6O6. The Bertz CT molecular complexity index is 2030. The molecule has 0 radical (unpaired) electrons. The second-order valence-electron chi connectivity index (χ2n) is 14.3. The molecule has 6 nitrogen and oxygen atoms in total. The van der Waals surface area contributed by atoms with E-state index in [1.54, 1.807) is 0 Å². The minimum absolute atomic E-state index is 0.0529. The highest BCUT2D eigenvalue weighted by Gasteiger charge is 2.72. The van der Waals surface area contributed by atoms with Gasteiger partial charge in [0.2, 0.25) is 5.41 Å². The van der Waals surface area contributed by atoms with Gasteiger partial charge in [-0.25, -0.2) is 0 Å². The minimum Gasteiger partial charge on any atom is -0.497 e. The molecule has 0 bridgehead atoms. The van der Waals surface area contributed by atoms with Crippen LogP contribution in [-0.2, 0) is 5.41 Å². The molecule has 0 aliphatic heterocycles. The molecule has 0 aliphatic rings. The standard InChI is InChI=1S/C42H40F6O6/c1-25(49)27-12-14-28(15-13-27)35(51)37(3,4)39(7,38(5,6)36(52)30-11-9-10-29(24-30)26(2)50)54-34-22-18-32(19-23-34)40(41(43,44)45,42(46,47)48)31-16-20-33(53-8)21-17-31/h9-24H,1-8H3. The lowest BCUT2D eigenvalue weighted by Crippen LogP contribution is -2.63. The van der Waals surface area contributed by atoms with Gasteiger partial charge in [-0.2, -0.15) is 26.3 Å². The van der Waals surface area contributed by atoms with E-state index >= 15 is 0 Å². The van der Waals surface area contributed by atoms with Gasteiger partial charge in [0.15, 0.2) is 23.1 Å². The molecule has 0 spiro atoms. The van der Waals surface area contributed by atoms with E-state index in [-0.39, 0.29) is 39.8 Å². The molecule has 0 heterocycles. The van der Waals surface area contributed by atoms with Gasteiger partial charge in [0.05, 0.1) is 17.9 Å². The van der Waals surface area contributed by atoms with Crippen LogP contribution in [0.25, 0.3) is 0 Å². The summed E-state index contributed by atoms with van der Waals surface area (Å²) in [5.41, 5.74) is -11.1. The Morgan fingerprint density at radius 1 is 0.500 bits per heavy atom. The SMILES string of the molecule is COc1ccc(C(c2ccc(OC(C)(C(C)(C)C(=O)c3ccc(C(C)=O)cc3)C(C)(C)C(=O)c3cccc(C(C)=O)c3)cc2)(C(F)(F)F)C(F)(F)F)cc1. The number of ether oxygens (including phenoxy) is 2. The Labute approximate surface area is 309 Å². The second-order valence-corrected chi connectivity index (χ2v) is 14.3. The van der Waals surface area contributed by atoms with E-state index in [2.05, 4.69) is 0 Å². The molecule has 1 unspecified atom stereocenters. The summed E-state index contributed by atoms with van der Waals surface area (Å²) in [6.45, 7) is 10.2. The van der Waals surface area contributed by atoms with Crippen LogP contribution < -0.4 is 9.47 Å². The fourth-order valence-electron chi connectivity index (χ4n) is 6.76. The molecule has 0 N–H and O–H groups in total. The zero-order valence-electron chi connectivity index (χ0n) is 31.0. The lowest BCUT2D eigenvalue weighted by Gasteiger charge is -2.51. The first kappa shape index (κ1) is 41.5. The third-order valence-corrected chi connectivity index (χ3v) is 10.6. The fourth-order valence-corrected chi connectivity index (χ4v) is 6.76. The Morgan fingerprint density at radius 3 is 1.30 bits per heavy atom. The predicted octanol–water partition coefficient (Wildman–Crippen LogP) is 10.5. The van der Waals surface area contributed by atoms with Crippen molar-refractivity contribution in [2.75, 3.05) is 7.11 Å². The number of carbonyl (C=O) groups is 4. The van der Waals surface area contributed by atoms with Crippen LogP contribution in [0, 0.1) is 10.8 Å². The van der Waals surface area contributed by atoms with E-state index in [9.17, 15) is 45.5 Å². The van der Waals surface area contributed by atoms with E-state index in [4.69, 9.17) is 9.47 Å². The van der Waals surface area contributed by atoms with Gasteiger partial charge in [0, 0.05) is 22.3 Å². The van der Waals surface area contributed by atoms with Gasteiger partial charge in [-0.15, -0.1) is 0 Å². The molecule has 1 atom stereocenters. The number of carbonyl (C=O) groups excluding carboxylic acids is 4. The number of hydrogen-bond acceptors (Lipinski definition) is 6.